The molecule has 0 aromatic heterocycles. The van der Waals surface area contributed by atoms with Crippen molar-refractivity contribution < 1.29 is 4.74 Å². The summed E-state index contributed by atoms with van der Waals surface area (Å²) in [4.78, 5) is 2.28. The van der Waals surface area contributed by atoms with Gasteiger partial charge in [-0.15, -0.1) is 0 Å². The third-order valence-electron chi connectivity index (χ3n) is 3.26. The summed E-state index contributed by atoms with van der Waals surface area (Å²) in [5, 5.41) is 0.770. The molecule has 0 bridgehead atoms. The van der Waals surface area contributed by atoms with Crippen LogP contribution in [0.3, 0.4) is 0 Å². The zero-order valence-corrected chi connectivity index (χ0v) is 11.9. The summed E-state index contributed by atoms with van der Waals surface area (Å²) in [6.45, 7) is 7.90. The zero-order valence-electron chi connectivity index (χ0n) is 11.2. The first-order chi connectivity index (χ1) is 8.47. The molecular weight excluding hydrogens is 248 g/mol. The lowest BCUT2D eigenvalue weighted by atomic mass is 10.1. The SMILES string of the molecule is CC(N)c1ccc(N2C[C@@H](C)O[C@@H](C)C2)c(Cl)c1. The number of hydrogen-bond acceptors (Lipinski definition) is 3. The Hall–Kier alpha value is -0.770. The molecule has 1 unspecified atom stereocenters. The lowest BCUT2D eigenvalue weighted by Gasteiger charge is -2.37. The topological polar surface area (TPSA) is 38.5 Å². The van der Waals surface area contributed by atoms with E-state index in [2.05, 4.69) is 30.9 Å². The monoisotopic (exact) mass is 268 g/mol. The molecule has 0 spiro atoms. The molecule has 1 saturated heterocycles. The molecule has 2 N–H and O–H groups in total. The molecule has 4 heteroatoms. The Morgan fingerprint density at radius 3 is 2.44 bits per heavy atom. The highest BCUT2D eigenvalue weighted by molar-refractivity contribution is 6.33. The van der Waals surface area contributed by atoms with Crippen LogP contribution in [0.1, 0.15) is 32.4 Å². The number of ether oxygens (including phenoxy) is 1. The Morgan fingerprint density at radius 2 is 1.94 bits per heavy atom. The van der Waals surface area contributed by atoms with Gasteiger partial charge in [0.1, 0.15) is 0 Å². The maximum atomic E-state index is 6.36. The zero-order chi connectivity index (χ0) is 13.3. The standard InChI is InChI=1S/C14H21ClN2O/c1-9-7-17(8-10(2)18-9)14-5-4-12(11(3)16)6-13(14)15/h4-6,9-11H,7-8,16H2,1-3H3/t9-,10+,11?. The van der Waals surface area contributed by atoms with Crippen LogP contribution >= 0.6 is 11.6 Å². The first-order valence-electron chi connectivity index (χ1n) is 6.43. The second kappa shape index (κ2) is 5.47. The van der Waals surface area contributed by atoms with Crippen LogP contribution in [0.2, 0.25) is 5.02 Å². The van der Waals surface area contributed by atoms with Crippen LogP contribution < -0.4 is 10.6 Å². The number of hydrogen-bond donors (Lipinski definition) is 1. The van der Waals surface area contributed by atoms with Gasteiger partial charge in [0.25, 0.3) is 0 Å². The van der Waals surface area contributed by atoms with Gasteiger partial charge >= 0.3 is 0 Å². The van der Waals surface area contributed by atoms with Gasteiger partial charge in [-0.2, -0.15) is 0 Å². The predicted octanol–water partition coefficient (Wildman–Crippen LogP) is 2.97. The molecular formula is C14H21ClN2O. The molecule has 0 saturated carbocycles. The summed E-state index contributed by atoms with van der Waals surface area (Å²) in [5.74, 6) is 0. The fourth-order valence-corrected chi connectivity index (χ4v) is 2.75. The van der Waals surface area contributed by atoms with Crippen molar-refractivity contribution in [2.45, 2.75) is 39.0 Å². The number of nitrogens with two attached hydrogens (primary N) is 1. The van der Waals surface area contributed by atoms with Crippen molar-refractivity contribution in [1.82, 2.24) is 0 Å². The number of benzene rings is 1. The van der Waals surface area contributed by atoms with Crippen molar-refractivity contribution >= 4 is 17.3 Å². The minimum absolute atomic E-state index is 0.0130. The van der Waals surface area contributed by atoms with Crippen molar-refractivity contribution in [3.8, 4) is 0 Å². The average molecular weight is 269 g/mol. The van der Waals surface area contributed by atoms with Gasteiger partial charge in [0, 0.05) is 19.1 Å². The molecule has 1 aromatic carbocycles. The third-order valence-corrected chi connectivity index (χ3v) is 3.56. The number of nitrogens with zero attached hydrogens (tertiary/aromatic N) is 1. The maximum Gasteiger partial charge on any atom is 0.0726 e. The number of morpholine rings is 1. The fourth-order valence-electron chi connectivity index (χ4n) is 2.44. The van der Waals surface area contributed by atoms with E-state index >= 15 is 0 Å². The molecule has 1 aliphatic heterocycles. The van der Waals surface area contributed by atoms with Crippen LogP contribution in [0.25, 0.3) is 0 Å². The van der Waals surface area contributed by atoms with Gasteiger partial charge in [0.2, 0.25) is 0 Å². The van der Waals surface area contributed by atoms with Crippen molar-refractivity contribution in [2.75, 3.05) is 18.0 Å². The van der Waals surface area contributed by atoms with Gasteiger partial charge in [0.05, 0.1) is 22.9 Å². The highest BCUT2D eigenvalue weighted by atomic mass is 35.5. The van der Waals surface area contributed by atoms with Crippen LogP contribution in [0.15, 0.2) is 18.2 Å². The largest absolute Gasteiger partial charge is 0.372 e. The molecule has 18 heavy (non-hydrogen) atoms. The lowest BCUT2D eigenvalue weighted by molar-refractivity contribution is -0.00520. The second-order valence-corrected chi connectivity index (χ2v) is 5.57. The van der Waals surface area contributed by atoms with Gasteiger partial charge < -0.3 is 15.4 Å². The van der Waals surface area contributed by atoms with Crippen molar-refractivity contribution in [3.05, 3.63) is 28.8 Å². The van der Waals surface area contributed by atoms with Crippen LogP contribution in [-0.4, -0.2) is 25.3 Å². The van der Waals surface area contributed by atoms with E-state index in [0.29, 0.717) is 0 Å². The molecule has 1 fully saturated rings. The molecule has 0 radical (unpaired) electrons. The molecule has 1 heterocycles. The molecule has 0 aliphatic carbocycles. The quantitative estimate of drug-likeness (QED) is 0.896. The summed E-state index contributed by atoms with van der Waals surface area (Å²) in [7, 11) is 0. The molecule has 0 amide bonds. The number of anilines is 1. The Bertz CT molecular complexity index is 412. The van der Waals surface area contributed by atoms with E-state index in [0.717, 1.165) is 29.4 Å². The van der Waals surface area contributed by atoms with Crippen molar-refractivity contribution in [1.29, 1.82) is 0 Å². The van der Waals surface area contributed by atoms with E-state index in [1.54, 1.807) is 0 Å². The Morgan fingerprint density at radius 1 is 1.33 bits per heavy atom. The second-order valence-electron chi connectivity index (χ2n) is 5.16. The summed E-state index contributed by atoms with van der Waals surface area (Å²) in [5.41, 5.74) is 8.00. The molecule has 3 nitrogen and oxygen atoms in total. The first-order valence-corrected chi connectivity index (χ1v) is 6.80. The average Bonchev–Trinajstić information content (AvgIpc) is 2.27. The molecule has 3 atom stereocenters. The summed E-state index contributed by atoms with van der Waals surface area (Å²) in [6.07, 6.45) is 0.468. The Labute approximate surface area is 114 Å². The third kappa shape index (κ3) is 2.97. The van der Waals surface area contributed by atoms with Gasteiger partial charge in [-0.25, -0.2) is 0 Å². The van der Waals surface area contributed by atoms with Gasteiger partial charge in [0.15, 0.2) is 0 Å². The van der Waals surface area contributed by atoms with E-state index in [1.165, 1.54) is 0 Å². The normalized spacial score (nSPS) is 26.2. The predicted molar refractivity (Wildman–Crippen MR) is 76.3 cm³/mol. The molecule has 1 aliphatic rings. The van der Waals surface area contributed by atoms with E-state index in [4.69, 9.17) is 22.1 Å². The number of halogens is 1. The number of rotatable bonds is 2. The first kappa shape index (κ1) is 13.7. The van der Waals surface area contributed by atoms with Gasteiger partial charge in [-0.3, -0.25) is 0 Å². The van der Waals surface area contributed by atoms with Crippen LogP contribution in [0, 0.1) is 0 Å². The van der Waals surface area contributed by atoms with Crippen LogP contribution in [-0.2, 0) is 4.74 Å². The minimum atomic E-state index is 0.0130. The van der Waals surface area contributed by atoms with Crippen LogP contribution in [0.4, 0.5) is 5.69 Å². The summed E-state index contributed by atoms with van der Waals surface area (Å²) >= 11 is 6.36. The molecule has 2 rings (SSSR count). The van der Waals surface area contributed by atoms with Gasteiger partial charge in [-0.1, -0.05) is 17.7 Å². The summed E-state index contributed by atoms with van der Waals surface area (Å²) < 4.78 is 5.73. The van der Waals surface area contributed by atoms with Crippen LogP contribution in [0.5, 0.6) is 0 Å². The van der Waals surface area contributed by atoms with E-state index < -0.39 is 0 Å². The highest BCUT2D eigenvalue weighted by Gasteiger charge is 2.23. The maximum absolute atomic E-state index is 6.36. The van der Waals surface area contributed by atoms with E-state index in [1.807, 2.05) is 13.0 Å². The van der Waals surface area contributed by atoms with Gasteiger partial charge in [-0.05, 0) is 38.5 Å². The van der Waals surface area contributed by atoms with Crippen molar-refractivity contribution in [3.63, 3.8) is 0 Å². The minimum Gasteiger partial charge on any atom is -0.372 e. The molecule has 100 valence electrons. The smallest absolute Gasteiger partial charge is 0.0726 e. The van der Waals surface area contributed by atoms with E-state index in [-0.39, 0.29) is 18.2 Å². The summed E-state index contributed by atoms with van der Waals surface area (Å²) in [6, 6.07) is 6.09. The fraction of sp³-hybridized carbons (Fsp3) is 0.571. The molecule has 1 aromatic rings. The lowest BCUT2D eigenvalue weighted by Crippen LogP contribution is -2.45. The Kier molecular flexibility index (Phi) is 4.15. The van der Waals surface area contributed by atoms with Crippen molar-refractivity contribution in [2.24, 2.45) is 5.73 Å². The van der Waals surface area contributed by atoms with E-state index in [9.17, 15) is 0 Å². The highest BCUT2D eigenvalue weighted by Crippen LogP contribution is 2.30. The Balaban J connectivity index is 2.22.